The molecule has 0 bridgehead atoms. The van der Waals surface area contributed by atoms with Crippen LogP contribution in [0, 0.1) is 23.0 Å². The van der Waals surface area contributed by atoms with E-state index >= 15 is 0 Å². The largest absolute Gasteiger partial charge is 0.377 e. The SMILES string of the molecule is CCC(Nc1c(C#N)cnc2c(Cl)cc(NC(c3cnn(C(F)F)n3)c3cccc(F)c3F)cc12)c1ccccc1. The number of benzene rings is 3. The summed E-state index contributed by atoms with van der Waals surface area (Å²) in [6.07, 6.45) is 3.17. The average Bonchev–Trinajstić information content (AvgIpc) is 3.47. The first-order valence-corrected chi connectivity index (χ1v) is 12.9. The Morgan fingerprint density at radius 1 is 1.02 bits per heavy atom. The van der Waals surface area contributed by atoms with E-state index in [0.717, 1.165) is 17.8 Å². The van der Waals surface area contributed by atoms with E-state index in [0.29, 0.717) is 28.7 Å². The maximum atomic E-state index is 14.9. The van der Waals surface area contributed by atoms with Gasteiger partial charge >= 0.3 is 6.55 Å². The molecule has 2 atom stereocenters. The van der Waals surface area contributed by atoms with Gasteiger partial charge in [-0.15, -0.1) is 4.80 Å². The highest BCUT2D eigenvalue weighted by atomic mass is 35.5. The zero-order chi connectivity index (χ0) is 29.1. The summed E-state index contributed by atoms with van der Waals surface area (Å²) in [6, 6.07) is 17.2. The summed E-state index contributed by atoms with van der Waals surface area (Å²) < 4.78 is 55.6. The van der Waals surface area contributed by atoms with Crippen molar-refractivity contribution in [2.45, 2.75) is 32.0 Å². The Balaban J connectivity index is 1.63. The lowest BCUT2D eigenvalue weighted by Gasteiger charge is -2.23. The van der Waals surface area contributed by atoms with Crippen LogP contribution >= 0.6 is 11.6 Å². The normalized spacial score (nSPS) is 12.7. The first kappa shape index (κ1) is 27.9. The number of pyridine rings is 1. The van der Waals surface area contributed by atoms with E-state index in [2.05, 4.69) is 31.9 Å². The van der Waals surface area contributed by atoms with Gasteiger partial charge in [-0.2, -0.15) is 24.2 Å². The maximum Gasteiger partial charge on any atom is 0.348 e. The molecule has 2 unspecified atom stereocenters. The Bertz CT molecular complexity index is 1740. The van der Waals surface area contributed by atoms with Crippen LogP contribution in [0.5, 0.6) is 0 Å². The summed E-state index contributed by atoms with van der Waals surface area (Å²) >= 11 is 6.62. The van der Waals surface area contributed by atoms with Gasteiger partial charge in [0, 0.05) is 22.8 Å². The minimum atomic E-state index is -3.03. The molecule has 5 aromatic rings. The smallest absolute Gasteiger partial charge is 0.348 e. The van der Waals surface area contributed by atoms with Gasteiger partial charge in [-0.25, -0.2) is 8.78 Å². The van der Waals surface area contributed by atoms with E-state index < -0.39 is 24.2 Å². The van der Waals surface area contributed by atoms with Crippen molar-refractivity contribution in [2.24, 2.45) is 0 Å². The first-order chi connectivity index (χ1) is 19.8. The monoisotopic (exact) mass is 579 g/mol. The van der Waals surface area contributed by atoms with Gasteiger partial charge in [0.25, 0.3) is 0 Å². The molecule has 7 nitrogen and oxygen atoms in total. The highest BCUT2D eigenvalue weighted by Crippen LogP contribution is 2.37. The second-order valence-electron chi connectivity index (χ2n) is 9.12. The maximum absolute atomic E-state index is 14.9. The summed E-state index contributed by atoms with van der Waals surface area (Å²) in [6.45, 7) is -1.03. The molecule has 0 aliphatic heterocycles. The minimum absolute atomic E-state index is 0.0802. The van der Waals surface area contributed by atoms with E-state index in [4.69, 9.17) is 11.6 Å². The molecule has 41 heavy (non-hydrogen) atoms. The molecule has 0 spiro atoms. The second kappa shape index (κ2) is 11.8. The van der Waals surface area contributed by atoms with Crippen LogP contribution in [0.3, 0.4) is 0 Å². The van der Waals surface area contributed by atoms with Gasteiger partial charge in [-0.3, -0.25) is 4.98 Å². The molecule has 0 radical (unpaired) electrons. The lowest BCUT2D eigenvalue weighted by atomic mass is 10.0. The third-order valence-corrected chi connectivity index (χ3v) is 6.86. The van der Waals surface area contributed by atoms with Gasteiger partial charge in [0.2, 0.25) is 0 Å². The number of nitrogens with one attached hydrogen (secondary N) is 2. The molecule has 0 saturated carbocycles. The number of nitrogens with zero attached hydrogens (tertiary/aromatic N) is 5. The fourth-order valence-corrected chi connectivity index (χ4v) is 4.87. The average molecular weight is 580 g/mol. The molecule has 12 heteroatoms. The van der Waals surface area contributed by atoms with Gasteiger partial charge in [0.15, 0.2) is 11.6 Å². The van der Waals surface area contributed by atoms with E-state index in [9.17, 15) is 22.8 Å². The van der Waals surface area contributed by atoms with Crippen LogP contribution in [0.25, 0.3) is 10.9 Å². The van der Waals surface area contributed by atoms with Gasteiger partial charge in [-0.05, 0) is 30.2 Å². The lowest BCUT2D eigenvalue weighted by molar-refractivity contribution is 0.0409. The van der Waals surface area contributed by atoms with Crippen molar-refractivity contribution in [1.82, 2.24) is 20.0 Å². The second-order valence-corrected chi connectivity index (χ2v) is 9.52. The van der Waals surface area contributed by atoms with Crippen molar-refractivity contribution in [2.75, 3.05) is 10.6 Å². The topological polar surface area (TPSA) is 91.5 Å². The van der Waals surface area contributed by atoms with Crippen LogP contribution in [0.4, 0.5) is 28.9 Å². The summed E-state index contributed by atoms with van der Waals surface area (Å²) in [4.78, 5) is 4.54. The Morgan fingerprint density at radius 2 is 1.80 bits per heavy atom. The van der Waals surface area contributed by atoms with Crippen molar-refractivity contribution >= 4 is 33.9 Å². The molecule has 2 aromatic heterocycles. The third-order valence-electron chi connectivity index (χ3n) is 6.57. The predicted molar refractivity (Wildman–Crippen MR) is 148 cm³/mol. The van der Waals surface area contributed by atoms with Crippen molar-refractivity contribution < 1.29 is 17.6 Å². The molecule has 0 amide bonds. The standard InChI is InChI=1S/C29H22ClF4N7/c1-2-23(16-7-4-3-5-8-16)39-26-17(13-35)14-36-27-20(26)11-18(12-21(27)30)38-28(19-9-6-10-22(31)25(19)32)24-15-37-41(40-24)29(33)34/h3-12,14-15,23,28-29,38H,2H2,1H3,(H,36,39). The Hall–Kier alpha value is -4.69. The van der Waals surface area contributed by atoms with Gasteiger partial charge < -0.3 is 10.6 Å². The van der Waals surface area contributed by atoms with Crippen LogP contribution in [0.2, 0.25) is 5.02 Å². The molecule has 3 aromatic carbocycles. The quantitative estimate of drug-likeness (QED) is 0.173. The van der Waals surface area contributed by atoms with Crippen molar-refractivity contribution in [3.05, 3.63) is 112 Å². The molecule has 2 N–H and O–H groups in total. The predicted octanol–water partition coefficient (Wildman–Crippen LogP) is 7.79. The summed E-state index contributed by atoms with van der Waals surface area (Å²) in [5.74, 6) is -2.29. The fourth-order valence-electron chi connectivity index (χ4n) is 4.60. The number of halogens is 5. The van der Waals surface area contributed by atoms with Gasteiger partial charge in [0.1, 0.15) is 17.8 Å². The van der Waals surface area contributed by atoms with Crippen LogP contribution in [0.1, 0.15) is 54.4 Å². The number of alkyl halides is 2. The number of nitriles is 1. The molecule has 0 saturated heterocycles. The lowest BCUT2D eigenvalue weighted by Crippen LogP contribution is -2.16. The molecule has 0 aliphatic carbocycles. The highest BCUT2D eigenvalue weighted by molar-refractivity contribution is 6.35. The number of hydrogen-bond acceptors (Lipinski definition) is 6. The van der Waals surface area contributed by atoms with Gasteiger partial charge in [0.05, 0.1) is 34.0 Å². The Kier molecular flexibility index (Phi) is 8.03. The van der Waals surface area contributed by atoms with E-state index in [1.54, 1.807) is 6.07 Å². The number of aromatic nitrogens is 4. The Labute approximate surface area is 237 Å². The molecule has 2 heterocycles. The molecule has 0 fully saturated rings. The summed E-state index contributed by atoms with van der Waals surface area (Å²) in [5, 5.41) is 24.4. The summed E-state index contributed by atoms with van der Waals surface area (Å²) in [5.41, 5.74) is 2.22. The molecule has 5 rings (SSSR count). The summed E-state index contributed by atoms with van der Waals surface area (Å²) in [7, 11) is 0. The first-order valence-electron chi connectivity index (χ1n) is 12.5. The number of fused-ring (bicyclic) bond motifs is 1. The highest BCUT2D eigenvalue weighted by Gasteiger charge is 2.25. The van der Waals surface area contributed by atoms with E-state index in [-0.39, 0.29) is 32.7 Å². The molecular formula is C29H22ClF4N7. The third kappa shape index (κ3) is 5.64. The zero-order valence-corrected chi connectivity index (χ0v) is 22.2. The van der Waals surface area contributed by atoms with Crippen LogP contribution in [0.15, 0.2) is 73.1 Å². The number of hydrogen-bond donors (Lipinski definition) is 2. The van der Waals surface area contributed by atoms with Crippen molar-refractivity contribution in [3.63, 3.8) is 0 Å². The van der Waals surface area contributed by atoms with Crippen molar-refractivity contribution in [3.8, 4) is 6.07 Å². The molecule has 0 aliphatic rings. The van der Waals surface area contributed by atoms with Crippen molar-refractivity contribution in [1.29, 1.82) is 5.26 Å². The number of rotatable bonds is 9. The Morgan fingerprint density at radius 3 is 2.49 bits per heavy atom. The number of anilines is 2. The van der Waals surface area contributed by atoms with Crippen LogP contribution in [-0.2, 0) is 0 Å². The van der Waals surface area contributed by atoms with Crippen LogP contribution < -0.4 is 10.6 Å². The van der Waals surface area contributed by atoms with E-state index in [1.165, 1.54) is 24.4 Å². The van der Waals surface area contributed by atoms with Gasteiger partial charge in [-0.1, -0.05) is 61.0 Å². The fraction of sp³-hybridized carbons (Fsp3) is 0.172. The zero-order valence-electron chi connectivity index (χ0n) is 21.5. The van der Waals surface area contributed by atoms with E-state index in [1.807, 2.05) is 37.3 Å². The van der Waals surface area contributed by atoms with Crippen LogP contribution in [-0.4, -0.2) is 20.0 Å². The molecular weight excluding hydrogens is 558 g/mol. The molecule has 208 valence electrons. The minimum Gasteiger partial charge on any atom is -0.377 e.